The van der Waals surface area contributed by atoms with E-state index in [0.717, 1.165) is 6.42 Å². The zero-order valence-electron chi connectivity index (χ0n) is 15.1. The van der Waals surface area contributed by atoms with Crippen LogP contribution in [0.2, 0.25) is 0 Å². The van der Waals surface area contributed by atoms with Gasteiger partial charge in [0.05, 0.1) is 13.7 Å². The molecular weight excluding hydrogens is 310 g/mol. The third kappa shape index (κ3) is 4.96. The van der Waals surface area contributed by atoms with Crippen LogP contribution in [0.25, 0.3) is 0 Å². The lowest BCUT2D eigenvalue weighted by Gasteiger charge is -2.27. The molecule has 0 aliphatic heterocycles. The molecule has 0 aliphatic rings. The number of carbonyl (C=O) groups excluding carboxylic acids is 2. The molecule has 134 valence electrons. The maximum atomic E-state index is 12.5. The first-order valence-electron chi connectivity index (χ1n) is 8.22. The van der Waals surface area contributed by atoms with Crippen LogP contribution < -0.4 is 10.1 Å². The van der Waals surface area contributed by atoms with Crippen molar-refractivity contribution in [3.8, 4) is 5.75 Å². The van der Waals surface area contributed by atoms with Crippen molar-refractivity contribution >= 4 is 17.6 Å². The van der Waals surface area contributed by atoms with Crippen LogP contribution in [-0.4, -0.2) is 37.8 Å². The minimum atomic E-state index is -0.917. The van der Waals surface area contributed by atoms with Crippen LogP contribution in [0.5, 0.6) is 5.75 Å². The fourth-order valence-corrected chi connectivity index (χ4v) is 2.08. The van der Waals surface area contributed by atoms with Gasteiger partial charge in [-0.1, -0.05) is 13.8 Å². The molecule has 0 heterocycles. The topological polar surface area (TPSA) is 73.9 Å². The molecule has 1 amide bonds. The Morgan fingerprint density at radius 2 is 1.92 bits per heavy atom. The van der Waals surface area contributed by atoms with Crippen molar-refractivity contribution in [2.75, 3.05) is 25.6 Å². The second-order valence-corrected chi connectivity index (χ2v) is 5.52. The number of nitrogens with one attached hydrogen (secondary N) is 1. The second kappa shape index (κ2) is 9.27. The molecule has 0 aromatic heterocycles. The summed E-state index contributed by atoms with van der Waals surface area (Å²) < 4.78 is 15.9. The van der Waals surface area contributed by atoms with Gasteiger partial charge in [0, 0.05) is 12.3 Å². The SMILES string of the molecule is CCCOC(C)(CC)C(=O)Nc1ccc(OCC)c(C(=O)OC)c1. The molecule has 0 saturated heterocycles. The molecule has 1 atom stereocenters. The van der Waals surface area contributed by atoms with Crippen LogP contribution in [0.1, 0.15) is 50.9 Å². The summed E-state index contributed by atoms with van der Waals surface area (Å²) in [5, 5.41) is 2.80. The minimum absolute atomic E-state index is 0.251. The van der Waals surface area contributed by atoms with Crippen molar-refractivity contribution in [3.05, 3.63) is 23.8 Å². The molecule has 0 bridgehead atoms. The Kier molecular flexibility index (Phi) is 7.71. The van der Waals surface area contributed by atoms with Crippen LogP contribution >= 0.6 is 0 Å². The molecule has 1 aromatic rings. The molecular formula is C18H27NO5. The van der Waals surface area contributed by atoms with Crippen LogP contribution in [0.15, 0.2) is 18.2 Å². The number of amides is 1. The minimum Gasteiger partial charge on any atom is -0.493 e. The van der Waals surface area contributed by atoms with E-state index < -0.39 is 11.6 Å². The van der Waals surface area contributed by atoms with E-state index in [-0.39, 0.29) is 11.5 Å². The fourth-order valence-electron chi connectivity index (χ4n) is 2.08. The van der Waals surface area contributed by atoms with Crippen molar-refractivity contribution < 1.29 is 23.8 Å². The highest BCUT2D eigenvalue weighted by molar-refractivity contribution is 5.99. The summed E-state index contributed by atoms with van der Waals surface area (Å²) >= 11 is 0. The van der Waals surface area contributed by atoms with E-state index in [4.69, 9.17) is 14.2 Å². The molecule has 1 rings (SSSR count). The molecule has 0 fully saturated rings. The number of esters is 1. The van der Waals surface area contributed by atoms with Gasteiger partial charge in [0.2, 0.25) is 0 Å². The highest BCUT2D eigenvalue weighted by Gasteiger charge is 2.32. The lowest BCUT2D eigenvalue weighted by molar-refractivity contribution is -0.139. The Balaban J connectivity index is 3.01. The van der Waals surface area contributed by atoms with Crippen molar-refractivity contribution in [1.29, 1.82) is 0 Å². The first kappa shape index (κ1) is 20.0. The van der Waals surface area contributed by atoms with Gasteiger partial charge < -0.3 is 19.5 Å². The van der Waals surface area contributed by atoms with Gasteiger partial charge in [0.15, 0.2) is 0 Å². The van der Waals surface area contributed by atoms with Crippen LogP contribution in [-0.2, 0) is 14.3 Å². The van der Waals surface area contributed by atoms with E-state index in [1.54, 1.807) is 25.1 Å². The highest BCUT2D eigenvalue weighted by Crippen LogP contribution is 2.25. The van der Waals surface area contributed by atoms with Crippen molar-refractivity contribution in [2.45, 2.75) is 46.1 Å². The number of hydrogen-bond acceptors (Lipinski definition) is 5. The monoisotopic (exact) mass is 337 g/mol. The molecule has 0 saturated carbocycles. The van der Waals surface area contributed by atoms with Gasteiger partial charge in [-0.25, -0.2) is 4.79 Å². The normalized spacial score (nSPS) is 13.0. The van der Waals surface area contributed by atoms with E-state index in [2.05, 4.69) is 5.32 Å². The molecule has 1 unspecified atom stereocenters. The quantitative estimate of drug-likeness (QED) is 0.699. The van der Waals surface area contributed by atoms with Crippen LogP contribution in [0.3, 0.4) is 0 Å². The molecule has 1 aromatic carbocycles. The molecule has 0 aliphatic carbocycles. The average molecular weight is 337 g/mol. The number of anilines is 1. The lowest BCUT2D eigenvalue weighted by Crippen LogP contribution is -2.42. The summed E-state index contributed by atoms with van der Waals surface area (Å²) in [5.41, 5.74) is -0.159. The second-order valence-electron chi connectivity index (χ2n) is 5.52. The van der Waals surface area contributed by atoms with E-state index in [0.29, 0.717) is 31.1 Å². The Labute approximate surface area is 143 Å². The Hall–Kier alpha value is -2.08. The van der Waals surface area contributed by atoms with E-state index >= 15 is 0 Å². The fraction of sp³-hybridized carbons (Fsp3) is 0.556. The van der Waals surface area contributed by atoms with Gasteiger partial charge >= 0.3 is 5.97 Å². The molecule has 0 radical (unpaired) electrons. The van der Waals surface area contributed by atoms with Gasteiger partial charge in [-0.2, -0.15) is 0 Å². The predicted molar refractivity (Wildman–Crippen MR) is 92.5 cm³/mol. The number of rotatable bonds is 9. The summed E-state index contributed by atoms with van der Waals surface area (Å²) in [6.07, 6.45) is 1.37. The maximum Gasteiger partial charge on any atom is 0.341 e. The smallest absolute Gasteiger partial charge is 0.341 e. The standard InChI is InChI=1S/C18H27NO5/c1-6-11-24-18(4,7-2)17(21)19-13-9-10-15(23-8-3)14(12-13)16(20)22-5/h9-10,12H,6-8,11H2,1-5H3,(H,19,21). The Bertz CT molecular complexity index is 573. The summed E-state index contributed by atoms with van der Waals surface area (Å²) in [5.74, 6) is -0.351. The van der Waals surface area contributed by atoms with Crippen molar-refractivity contribution in [3.63, 3.8) is 0 Å². The number of carbonyl (C=O) groups is 2. The third-order valence-electron chi connectivity index (χ3n) is 3.72. The number of benzene rings is 1. The van der Waals surface area contributed by atoms with Crippen molar-refractivity contribution in [2.24, 2.45) is 0 Å². The highest BCUT2D eigenvalue weighted by atomic mass is 16.5. The number of hydrogen-bond donors (Lipinski definition) is 1. The lowest BCUT2D eigenvalue weighted by atomic mass is 10.0. The van der Waals surface area contributed by atoms with Crippen LogP contribution in [0.4, 0.5) is 5.69 Å². The summed E-state index contributed by atoms with van der Waals surface area (Å²) in [6, 6.07) is 4.87. The van der Waals surface area contributed by atoms with Gasteiger partial charge in [-0.05, 0) is 44.9 Å². The first-order valence-corrected chi connectivity index (χ1v) is 8.22. The van der Waals surface area contributed by atoms with Gasteiger partial charge in [-0.15, -0.1) is 0 Å². The zero-order chi connectivity index (χ0) is 18.2. The van der Waals surface area contributed by atoms with E-state index in [1.165, 1.54) is 7.11 Å². The molecule has 6 nitrogen and oxygen atoms in total. The summed E-state index contributed by atoms with van der Waals surface area (Å²) in [4.78, 5) is 24.5. The van der Waals surface area contributed by atoms with E-state index in [1.807, 2.05) is 20.8 Å². The maximum absolute atomic E-state index is 12.5. The largest absolute Gasteiger partial charge is 0.493 e. The van der Waals surface area contributed by atoms with Crippen molar-refractivity contribution in [1.82, 2.24) is 0 Å². The first-order chi connectivity index (χ1) is 11.4. The van der Waals surface area contributed by atoms with Crippen LogP contribution in [0, 0.1) is 0 Å². The summed E-state index contributed by atoms with van der Waals surface area (Å²) in [6.45, 7) is 8.40. The molecule has 24 heavy (non-hydrogen) atoms. The van der Waals surface area contributed by atoms with Gasteiger partial charge in [0.1, 0.15) is 16.9 Å². The number of methoxy groups -OCH3 is 1. The molecule has 6 heteroatoms. The predicted octanol–water partition coefficient (Wildman–Crippen LogP) is 3.41. The summed E-state index contributed by atoms with van der Waals surface area (Å²) in [7, 11) is 1.30. The molecule has 0 spiro atoms. The zero-order valence-corrected chi connectivity index (χ0v) is 15.1. The van der Waals surface area contributed by atoms with Gasteiger partial charge in [-0.3, -0.25) is 4.79 Å². The number of ether oxygens (including phenoxy) is 3. The third-order valence-corrected chi connectivity index (χ3v) is 3.72. The van der Waals surface area contributed by atoms with Gasteiger partial charge in [0.25, 0.3) is 5.91 Å². The Morgan fingerprint density at radius 1 is 1.21 bits per heavy atom. The Morgan fingerprint density at radius 3 is 2.46 bits per heavy atom. The molecule has 1 N–H and O–H groups in total. The average Bonchev–Trinajstić information content (AvgIpc) is 2.60. The van der Waals surface area contributed by atoms with E-state index in [9.17, 15) is 9.59 Å².